The van der Waals surface area contributed by atoms with Crippen LogP contribution in [0.3, 0.4) is 0 Å². The van der Waals surface area contributed by atoms with E-state index in [1.807, 2.05) is 24.6 Å². The molecule has 2 heterocycles. The van der Waals surface area contributed by atoms with Crippen LogP contribution < -0.4 is 5.32 Å². The maximum absolute atomic E-state index is 12.5. The van der Waals surface area contributed by atoms with Gasteiger partial charge < -0.3 is 10.4 Å². The zero-order chi connectivity index (χ0) is 16.8. The molecule has 126 valence electrons. The molecule has 0 spiro atoms. The minimum Gasteiger partial charge on any atom is -0.396 e. The smallest absolute Gasteiger partial charge is 0.255 e. The van der Waals surface area contributed by atoms with Crippen LogP contribution in [0.1, 0.15) is 37.0 Å². The lowest BCUT2D eigenvalue weighted by Gasteiger charge is -2.18. The van der Waals surface area contributed by atoms with Crippen molar-refractivity contribution >= 4 is 17.2 Å². The van der Waals surface area contributed by atoms with Gasteiger partial charge in [-0.3, -0.25) is 9.48 Å². The minimum atomic E-state index is -0.104. The van der Waals surface area contributed by atoms with Crippen molar-refractivity contribution in [2.45, 2.75) is 26.7 Å². The molecule has 0 aliphatic heterocycles. The fourth-order valence-electron chi connectivity index (χ4n) is 2.73. The van der Waals surface area contributed by atoms with Gasteiger partial charge in [0.05, 0.1) is 10.4 Å². The summed E-state index contributed by atoms with van der Waals surface area (Å²) in [5, 5.41) is 18.6. The maximum atomic E-state index is 12.5. The number of hydrogen-bond acceptors (Lipinski definition) is 4. The van der Waals surface area contributed by atoms with E-state index in [0.717, 1.165) is 17.0 Å². The first kappa shape index (κ1) is 17.7. The highest BCUT2D eigenvalue weighted by Gasteiger charge is 2.19. The van der Waals surface area contributed by atoms with Crippen molar-refractivity contribution in [1.82, 2.24) is 15.1 Å². The number of carbonyl (C=O) groups excluding carboxylic acids is 1. The van der Waals surface area contributed by atoms with Crippen LogP contribution in [0.15, 0.2) is 23.7 Å². The Morgan fingerprint density at radius 3 is 2.87 bits per heavy atom. The van der Waals surface area contributed by atoms with E-state index in [1.165, 1.54) is 0 Å². The van der Waals surface area contributed by atoms with E-state index in [9.17, 15) is 9.90 Å². The summed E-state index contributed by atoms with van der Waals surface area (Å²) in [5.41, 5.74) is 1.32. The SMILES string of the molecule is CC(C)CC(CCO)CNC(=O)c1cn(C)nc1-c1cccs1. The number of thiophene rings is 1. The largest absolute Gasteiger partial charge is 0.396 e. The lowest BCUT2D eigenvalue weighted by Crippen LogP contribution is -2.30. The van der Waals surface area contributed by atoms with Crippen LogP contribution in [0, 0.1) is 11.8 Å². The highest BCUT2D eigenvalue weighted by Crippen LogP contribution is 2.26. The third-order valence-electron chi connectivity index (χ3n) is 3.72. The van der Waals surface area contributed by atoms with E-state index < -0.39 is 0 Å². The van der Waals surface area contributed by atoms with Gasteiger partial charge in [0.2, 0.25) is 0 Å². The molecule has 6 heteroatoms. The number of aliphatic hydroxyl groups excluding tert-OH is 1. The molecular formula is C17H25N3O2S. The number of amides is 1. The van der Waals surface area contributed by atoms with E-state index in [2.05, 4.69) is 24.3 Å². The Hall–Kier alpha value is -1.66. The average Bonchev–Trinajstić information content (AvgIpc) is 3.13. The van der Waals surface area contributed by atoms with Gasteiger partial charge in [0.1, 0.15) is 5.69 Å². The van der Waals surface area contributed by atoms with Gasteiger partial charge in [-0.1, -0.05) is 19.9 Å². The number of nitrogens with zero attached hydrogens (tertiary/aromatic N) is 2. The Balaban J connectivity index is 2.06. The molecule has 0 aliphatic rings. The molecule has 2 N–H and O–H groups in total. The van der Waals surface area contributed by atoms with E-state index in [-0.39, 0.29) is 12.5 Å². The lowest BCUT2D eigenvalue weighted by molar-refractivity contribution is 0.0942. The van der Waals surface area contributed by atoms with Crippen molar-refractivity contribution in [2.24, 2.45) is 18.9 Å². The quantitative estimate of drug-likeness (QED) is 0.779. The van der Waals surface area contributed by atoms with Crippen molar-refractivity contribution in [1.29, 1.82) is 0 Å². The summed E-state index contributed by atoms with van der Waals surface area (Å²) in [5.74, 6) is 0.738. The van der Waals surface area contributed by atoms with Gasteiger partial charge >= 0.3 is 0 Å². The van der Waals surface area contributed by atoms with E-state index in [1.54, 1.807) is 22.2 Å². The summed E-state index contributed by atoms with van der Waals surface area (Å²) in [6.45, 7) is 5.04. The molecule has 23 heavy (non-hydrogen) atoms. The molecule has 0 aromatic carbocycles. The summed E-state index contributed by atoms with van der Waals surface area (Å²) in [6.07, 6.45) is 3.46. The standard InChI is InChI=1S/C17H25N3O2S/c1-12(2)9-13(6-7-21)10-18-17(22)14-11-20(3)19-16(14)15-5-4-8-23-15/h4-5,8,11-13,21H,6-7,9-10H2,1-3H3,(H,18,22). The Morgan fingerprint density at radius 1 is 1.48 bits per heavy atom. The molecule has 2 aromatic heterocycles. The van der Waals surface area contributed by atoms with Gasteiger partial charge in [-0.05, 0) is 36.1 Å². The second-order valence-electron chi connectivity index (χ2n) is 6.26. The molecule has 0 aliphatic carbocycles. The maximum Gasteiger partial charge on any atom is 0.255 e. The normalized spacial score (nSPS) is 12.6. The fourth-order valence-corrected chi connectivity index (χ4v) is 3.46. The number of carbonyl (C=O) groups is 1. The van der Waals surface area contributed by atoms with Gasteiger partial charge in [0, 0.05) is 26.4 Å². The van der Waals surface area contributed by atoms with E-state index >= 15 is 0 Å². The van der Waals surface area contributed by atoms with Gasteiger partial charge in [-0.25, -0.2) is 0 Å². The number of hydrogen-bond donors (Lipinski definition) is 2. The highest BCUT2D eigenvalue weighted by molar-refractivity contribution is 7.13. The molecule has 5 nitrogen and oxygen atoms in total. The molecule has 2 rings (SSSR count). The highest BCUT2D eigenvalue weighted by atomic mass is 32.1. The molecule has 0 saturated heterocycles. The van der Waals surface area contributed by atoms with Crippen molar-refractivity contribution < 1.29 is 9.90 Å². The molecule has 0 fully saturated rings. The first-order valence-electron chi connectivity index (χ1n) is 7.97. The monoisotopic (exact) mass is 335 g/mol. The molecule has 1 unspecified atom stereocenters. The molecule has 1 atom stereocenters. The van der Waals surface area contributed by atoms with Crippen molar-refractivity contribution in [3.63, 3.8) is 0 Å². The predicted molar refractivity (Wildman–Crippen MR) is 93.5 cm³/mol. The number of nitrogens with one attached hydrogen (secondary N) is 1. The van der Waals surface area contributed by atoms with E-state index in [4.69, 9.17) is 0 Å². The summed E-state index contributed by atoms with van der Waals surface area (Å²) in [7, 11) is 1.82. The summed E-state index contributed by atoms with van der Waals surface area (Å²) in [4.78, 5) is 13.5. The van der Waals surface area contributed by atoms with Gasteiger partial charge in [0.15, 0.2) is 0 Å². The predicted octanol–water partition coefficient (Wildman–Crippen LogP) is 2.92. The molecule has 0 saturated carbocycles. The van der Waals surface area contributed by atoms with E-state index in [0.29, 0.717) is 30.4 Å². The zero-order valence-electron chi connectivity index (χ0n) is 14.0. The van der Waals surface area contributed by atoms with Crippen molar-refractivity contribution in [3.05, 3.63) is 29.3 Å². The molecular weight excluding hydrogens is 310 g/mol. The molecule has 2 aromatic rings. The average molecular weight is 335 g/mol. The third kappa shape index (κ3) is 4.91. The number of aliphatic hydroxyl groups is 1. The van der Waals surface area contributed by atoms with Crippen molar-refractivity contribution in [3.8, 4) is 10.6 Å². The van der Waals surface area contributed by atoms with Crippen LogP contribution in [0.25, 0.3) is 10.6 Å². The first-order valence-corrected chi connectivity index (χ1v) is 8.85. The van der Waals surface area contributed by atoms with Crippen LogP contribution in [0.4, 0.5) is 0 Å². The van der Waals surface area contributed by atoms with Crippen LogP contribution in [0.5, 0.6) is 0 Å². The number of rotatable bonds is 8. The number of aromatic nitrogens is 2. The zero-order valence-corrected chi connectivity index (χ0v) is 14.8. The molecule has 0 bridgehead atoms. The van der Waals surface area contributed by atoms with Gasteiger partial charge in [-0.2, -0.15) is 5.10 Å². The second-order valence-corrected chi connectivity index (χ2v) is 7.21. The van der Waals surface area contributed by atoms with Crippen LogP contribution in [0.2, 0.25) is 0 Å². The first-order chi connectivity index (χ1) is 11.0. The minimum absolute atomic E-state index is 0.104. The number of aryl methyl sites for hydroxylation is 1. The third-order valence-corrected chi connectivity index (χ3v) is 4.60. The summed E-state index contributed by atoms with van der Waals surface area (Å²) < 4.78 is 1.67. The Labute approximate surface area is 141 Å². The van der Waals surface area contributed by atoms with Crippen LogP contribution in [-0.2, 0) is 7.05 Å². The van der Waals surface area contributed by atoms with Crippen LogP contribution >= 0.6 is 11.3 Å². The Kier molecular flexibility index (Phi) is 6.36. The lowest BCUT2D eigenvalue weighted by atomic mass is 9.94. The van der Waals surface area contributed by atoms with Crippen molar-refractivity contribution in [2.75, 3.05) is 13.2 Å². The van der Waals surface area contributed by atoms with Crippen LogP contribution in [-0.4, -0.2) is 33.9 Å². The van der Waals surface area contributed by atoms with Gasteiger partial charge in [0.25, 0.3) is 5.91 Å². The Morgan fingerprint density at radius 2 is 2.26 bits per heavy atom. The summed E-state index contributed by atoms with van der Waals surface area (Å²) in [6, 6.07) is 3.92. The van der Waals surface area contributed by atoms with Gasteiger partial charge in [-0.15, -0.1) is 11.3 Å². The Bertz CT molecular complexity index is 620. The fraction of sp³-hybridized carbons (Fsp3) is 0.529. The topological polar surface area (TPSA) is 67.2 Å². The molecule has 0 radical (unpaired) electrons. The summed E-state index contributed by atoms with van der Waals surface area (Å²) >= 11 is 1.57. The molecule has 1 amide bonds. The second kappa shape index (κ2) is 8.26.